The molecule has 0 saturated carbocycles. The van der Waals surface area contributed by atoms with Crippen LogP contribution in [0.5, 0.6) is 0 Å². The lowest BCUT2D eigenvalue weighted by molar-refractivity contribution is -0.116. The largest absolute Gasteiger partial charge is 0.309 e. The monoisotopic (exact) mass is 362 g/mol. The average molecular weight is 362 g/mol. The maximum atomic E-state index is 12.7. The van der Waals surface area contributed by atoms with Crippen molar-refractivity contribution < 1.29 is 9.59 Å². The molecule has 7 nitrogen and oxygen atoms in total. The Labute approximate surface area is 155 Å². The van der Waals surface area contributed by atoms with Gasteiger partial charge in [-0.05, 0) is 49.2 Å². The van der Waals surface area contributed by atoms with Crippen molar-refractivity contribution in [1.82, 2.24) is 15.0 Å². The van der Waals surface area contributed by atoms with Gasteiger partial charge in [0.05, 0.1) is 5.39 Å². The number of fused-ring (bicyclic) bond motifs is 2. The van der Waals surface area contributed by atoms with Crippen LogP contribution in [0.25, 0.3) is 10.9 Å². The Morgan fingerprint density at radius 3 is 2.74 bits per heavy atom. The molecule has 0 N–H and O–H groups in total. The number of ketones is 1. The number of benzene rings is 2. The van der Waals surface area contributed by atoms with Crippen molar-refractivity contribution in [1.29, 1.82) is 0 Å². The summed E-state index contributed by atoms with van der Waals surface area (Å²) in [5.41, 5.74) is 2.46. The molecule has 2 heterocycles. The topological polar surface area (TPSA) is 85.2 Å². The molecule has 0 fully saturated rings. The third-order valence-corrected chi connectivity index (χ3v) is 4.88. The maximum absolute atomic E-state index is 12.7. The van der Waals surface area contributed by atoms with E-state index < -0.39 is 0 Å². The van der Waals surface area contributed by atoms with Crippen LogP contribution in [0.4, 0.5) is 5.69 Å². The van der Waals surface area contributed by atoms with Crippen LogP contribution >= 0.6 is 0 Å². The number of Topliss-reactive ketones (excluding diaryl/α,β-unsaturated/α-hetero) is 1. The second kappa shape index (κ2) is 6.42. The first-order valence-electron chi connectivity index (χ1n) is 8.74. The summed E-state index contributed by atoms with van der Waals surface area (Å²) in [7, 11) is 0. The highest BCUT2D eigenvalue weighted by atomic mass is 16.2. The zero-order valence-corrected chi connectivity index (χ0v) is 15.0. The van der Waals surface area contributed by atoms with Crippen molar-refractivity contribution in [2.45, 2.75) is 32.9 Å². The van der Waals surface area contributed by atoms with Crippen LogP contribution in [0, 0.1) is 0 Å². The van der Waals surface area contributed by atoms with E-state index in [-0.39, 0.29) is 29.8 Å². The predicted molar refractivity (Wildman–Crippen MR) is 101 cm³/mol. The molecule has 2 aromatic carbocycles. The first-order chi connectivity index (χ1) is 13.0. The molecule has 1 atom stereocenters. The van der Waals surface area contributed by atoms with Crippen molar-refractivity contribution in [3.05, 3.63) is 63.9 Å². The first kappa shape index (κ1) is 17.1. The number of hydrogen-bond acceptors (Lipinski definition) is 5. The van der Waals surface area contributed by atoms with E-state index in [0.717, 1.165) is 15.9 Å². The molecule has 0 saturated heterocycles. The number of carbonyl (C=O) groups excluding carboxylic acids is 2. The highest BCUT2D eigenvalue weighted by Gasteiger charge is 2.29. The lowest BCUT2D eigenvalue weighted by atomic mass is 10.0. The minimum absolute atomic E-state index is 0.0154. The molecule has 1 aliphatic rings. The van der Waals surface area contributed by atoms with Gasteiger partial charge >= 0.3 is 0 Å². The normalized spacial score (nSPS) is 15.8. The molecule has 1 amide bonds. The summed E-state index contributed by atoms with van der Waals surface area (Å²) >= 11 is 0. The smallest absolute Gasteiger partial charge is 0.278 e. The SMILES string of the molecule is CC(=O)N1c2ccc(C(=O)Cn3nnc4ccccc4c3=O)cc2C[C@@H]1C. The van der Waals surface area contributed by atoms with Gasteiger partial charge in [-0.15, -0.1) is 5.10 Å². The fourth-order valence-electron chi connectivity index (χ4n) is 3.64. The number of nitrogens with zero attached hydrogens (tertiary/aromatic N) is 4. The molecule has 3 aromatic rings. The van der Waals surface area contributed by atoms with Crippen molar-refractivity contribution >= 4 is 28.3 Å². The second-order valence-corrected chi connectivity index (χ2v) is 6.78. The molecule has 27 heavy (non-hydrogen) atoms. The van der Waals surface area contributed by atoms with Crippen LogP contribution in [-0.4, -0.2) is 32.7 Å². The van der Waals surface area contributed by atoms with E-state index in [1.165, 1.54) is 6.92 Å². The number of rotatable bonds is 3. The van der Waals surface area contributed by atoms with Crippen LogP contribution in [-0.2, 0) is 17.8 Å². The Balaban J connectivity index is 1.64. The van der Waals surface area contributed by atoms with Gasteiger partial charge in [0.25, 0.3) is 5.56 Å². The number of aromatic nitrogens is 3. The van der Waals surface area contributed by atoms with Gasteiger partial charge in [0.2, 0.25) is 5.91 Å². The van der Waals surface area contributed by atoms with Crippen LogP contribution in [0.1, 0.15) is 29.8 Å². The molecule has 136 valence electrons. The summed E-state index contributed by atoms with van der Waals surface area (Å²) in [5.74, 6) is -0.239. The molecule has 0 radical (unpaired) electrons. The van der Waals surface area contributed by atoms with Gasteiger partial charge in [-0.25, -0.2) is 4.68 Å². The van der Waals surface area contributed by atoms with E-state index in [1.807, 2.05) is 6.92 Å². The predicted octanol–water partition coefficient (Wildman–Crippen LogP) is 1.97. The summed E-state index contributed by atoms with van der Waals surface area (Å²) in [6, 6.07) is 12.3. The quantitative estimate of drug-likeness (QED) is 0.665. The summed E-state index contributed by atoms with van der Waals surface area (Å²) in [5, 5.41) is 8.31. The van der Waals surface area contributed by atoms with E-state index in [4.69, 9.17) is 0 Å². The van der Waals surface area contributed by atoms with Crippen molar-refractivity contribution in [3.63, 3.8) is 0 Å². The molecular formula is C20H18N4O3. The molecule has 0 aliphatic carbocycles. The first-order valence-corrected chi connectivity index (χ1v) is 8.74. The van der Waals surface area contributed by atoms with Crippen LogP contribution < -0.4 is 10.5 Å². The van der Waals surface area contributed by atoms with Gasteiger partial charge in [0, 0.05) is 24.2 Å². The minimum atomic E-state index is -0.341. The summed E-state index contributed by atoms with van der Waals surface area (Å²) in [6.07, 6.45) is 0.700. The van der Waals surface area contributed by atoms with E-state index in [1.54, 1.807) is 47.4 Å². The fourth-order valence-corrected chi connectivity index (χ4v) is 3.64. The van der Waals surface area contributed by atoms with Crippen LogP contribution in [0.3, 0.4) is 0 Å². The minimum Gasteiger partial charge on any atom is -0.309 e. The van der Waals surface area contributed by atoms with Gasteiger partial charge < -0.3 is 4.90 Å². The molecule has 4 rings (SSSR count). The maximum Gasteiger partial charge on any atom is 0.278 e. The van der Waals surface area contributed by atoms with E-state index in [2.05, 4.69) is 10.3 Å². The number of carbonyl (C=O) groups is 2. The van der Waals surface area contributed by atoms with Crippen LogP contribution in [0.2, 0.25) is 0 Å². The van der Waals surface area contributed by atoms with Gasteiger partial charge in [-0.1, -0.05) is 17.3 Å². The highest BCUT2D eigenvalue weighted by Crippen LogP contribution is 2.33. The van der Waals surface area contributed by atoms with Crippen LogP contribution in [0.15, 0.2) is 47.3 Å². The Morgan fingerprint density at radius 1 is 1.19 bits per heavy atom. The van der Waals surface area contributed by atoms with E-state index in [9.17, 15) is 14.4 Å². The molecule has 1 aromatic heterocycles. The van der Waals surface area contributed by atoms with Crippen molar-refractivity contribution in [2.24, 2.45) is 0 Å². The van der Waals surface area contributed by atoms with E-state index in [0.29, 0.717) is 22.9 Å². The molecular weight excluding hydrogens is 344 g/mol. The molecule has 0 bridgehead atoms. The Kier molecular flexibility index (Phi) is 4.07. The lowest BCUT2D eigenvalue weighted by Crippen LogP contribution is -2.33. The molecule has 0 unspecified atom stereocenters. The zero-order valence-electron chi connectivity index (χ0n) is 15.0. The number of hydrogen-bond donors (Lipinski definition) is 0. The summed E-state index contributed by atoms with van der Waals surface area (Å²) in [6.45, 7) is 3.34. The third kappa shape index (κ3) is 2.91. The van der Waals surface area contributed by atoms with E-state index >= 15 is 0 Å². The summed E-state index contributed by atoms with van der Waals surface area (Å²) < 4.78 is 1.09. The van der Waals surface area contributed by atoms with Gasteiger partial charge in [0.15, 0.2) is 5.78 Å². The zero-order chi connectivity index (χ0) is 19.1. The molecule has 1 aliphatic heterocycles. The highest BCUT2D eigenvalue weighted by molar-refractivity contribution is 5.99. The standard InChI is InChI=1S/C20H18N4O3/c1-12-9-15-10-14(7-8-18(15)24(12)13(2)25)19(26)11-23-20(27)16-5-3-4-6-17(16)21-22-23/h3-8,10,12H,9,11H2,1-2H3/t12-/m0/s1. The van der Waals surface area contributed by atoms with Crippen molar-refractivity contribution in [2.75, 3.05) is 4.90 Å². The number of amides is 1. The number of anilines is 1. The second-order valence-electron chi connectivity index (χ2n) is 6.78. The Hall–Kier alpha value is -3.35. The van der Waals surface area contributed by atoms with Crippen molar-refractivity contribution in [3.8, 4) is 0 Å². The Bertz CT molecular complexity index is 1140. The molecule has 7 heteroatoms. The fraction of sp³-hybridized carbons (Fsp3) is 0.250. The Morgan fingerprint density at radius 2 is 1.96 bits per heavy atom. The lowest BCUT2D eigenvalue weighted by Gasteiger charge is -2.20. The van der Waals surface area contributed by atoms with Gasteiger partial charge in [-0.3, -0.25) is 14.4 Å². The average Bonchev–Trinajstić information content (AvgIpc) is 2.99. The van der Waals surface area contributed by atoms with Gasteiger partial charge in [-0.2, -0.15) is 0 Å². The van der Waals surface area contributed by atoms with Gasteiger partial charge in [0.1, 0.15) is 12.1 Å². The third-order valence-electron chi connectivity index (χ3n) is 4.88. The summed E-state index contributed by atoms with van der Waals surface area (Å²) in [4.78, 5) is 38.8. The molecule has 0 spiro atoms.